The summed E-state index contributed by atoms with van der Waals surface area (Å²) in [4.78, 5) is 13.3. The molecule has 0 spiro atoms. The van der Waals surface area contributed by atoms with E-state index in [9.17, 15) is 26.4 Å². The summed E-state index contributed by atoms with van der Waals surface area (Å²) in [5.41, 5.74) is -6.23. The molecule has 0 N–H and O–H groups in total. The van der Waals surface area contributed by atoms with Crippen LogP contribution in [-0.4, -0.2) is 43.6 Å². The number of amides is 1. The first-order valence-corrected chi connectivity index (χ1v) is 8.31. The molecule has 0 aliphatic carbocycles. The van der Waals surface area contributed by atoms with Gasteiger partial charge in [0, 0.05) is 19.0 Å². The molecule has 1 saturated heterocycles. The van der Waals surface area contributed by atoms with E-state index < -0.39 is 39.0 Å². The van der Waals surface area contributed by atoms with Crippen molar-refractivity contribution in [1.29, 1.82) is 0 Å². The van der Waals surface area contributed by atoms with Crippen molar-refractivity contribution in [2.45, 2.75) is 44.7 Å². The number of halogens is 3. The Morgan fingerprint density at radius 3 is 2.30 bits per heavy atom. The number of hydrogen-bond acceptors (Lipinski definition) is 5. The molecule has 0 aromatic carbocycles. The lowest BCUT2D eigenvalue weighted by Gasteiger charge is -2.34. The Morgan fingerprint density at radius 1 is 1.26 bits per heavy atom. The van der Waals surface area contributed by atoms with Gasteiger partial charge in [-0.3, -0.25) is 0 Å². The number of ether oxygens (including phenoxy) is 1. The highest BCUT2D eigenvalue weighted by Gasteiger charge is 2.49. The number of piperidine rings is 1. The van der Waals surface area contributed by atoms with Crippen LogP contribution in [0.4, 0.5) is 18.0 Å². The highest BCUT2D eigenvalue weighted by Crippen LogP contribution is 2.31. The smallest absolute Gasteiger partial charge is 0.444 e. The van der Waals surface area contributed by atoms with E-state index in [4.69, 9.17) is 4.74 Å². The number of nitrogens with zero attached hydrogens (tertiary/aromatic N) is 1. The topological polar surface area (TPSA) is 72.9 Å². The summed E-state index contributed by atoms with van der Waals surface area (Å²) in [6.45, 7) is 8.67. The predicted octanol–water partition coefficient (Wildman–Crippen LogP) is 3.01. The van der Waals surface area contributed by atoms with Crippen molar-refractivity contribution in [3.63, 3.8) is 0 Å². The van der Waals surface area contributed by atoms with Gasteiger partial charge in [-0.05, 0) is 33.6 Å². The summed E-state index contributed by atoms with van der Waals surface area (Å²) < 4.78 is 68.2. The van der Waals surface area contributed by atoms with Gasteiger partial charge in [-0.15, -0.1) is 0 Å². The van der Waals surface area contributed by atoms with Gasteiger partial charge in [0.05, 0.1) is 0 Å². The van der Waals surface area contributed by atoms with Gasteiger partial charge in [0.2, 0.25) is 0 Å². The van der Waals surface area contributed by atoms with Gasteiger partial charge in [0.1, 0.15) is 11.4 Å². The van der Waals surface area contributed by atoms with Crippen LogP contribution in [0.1, 0.15) is 33.6 Å². The second kappa shape index (κ2) is 6.58. The third-order valence-corrected chi connectivity index (χ3v) is 4.03. The highest BCUT2D eigenvalue weighted by molar-refractivity contribution is 7.87. The quantitative estimate of drug-likeness (QED) is 0.440. The second-order valence-corrected chi connectivity index (χ2v) is 7.75. The van der Waals surface area contributed by atoms with Gasteiger partial charge in [0.15, 0.2) is 0 Å². The molecule has 1 amide bonds. The molecule has 1 aliphatic rings. The fourth-order valence-corrected chi connectivity index (χ4v) is 2.50. The van der Waals surface area contributed by atoms with E-state index in [0.717, 1.165) is 0 Å². The summed E-state index contributed by atoms with van der Waals surface area (Å²) >= 11 is 0. The number of hydrogen-bond donors (Lipinski definition) is 0. The van der Waals surface area contributed by atoms with Gasteiger partial charge in [0.25, 0.3) is 0 Å². The molecule has 1 heterocycles. The van der Waals surface area contributed by atoms with Crippen molar-refractivity contribution in [2.24, 2.45) is 5.92 Å². The normalized spacial score (nSPS) is 20.1. The summed E-state index contributed by atoms with van der Waals surface area (Å²) in [6, 6.07) is 0. The van der Waals surface area contributed by atoms with Gasteiger partial charge in [-0.1, -0.05) is 6.58 Å². The molecule has 0 saturated carbocycles. The number of rotatable bonds is 3. The van der Waals surface area contributed by atoms with E-state index in [0.29, 0.717) is 19.4 Å². The minimum atomic E-state index is -5.75. The first-order valence-electron chi connectivity index (χ1n) is 6.90. The van der Waals surface area contributed by atoms with E-state index in [1.807, 2.05) is 0 Å². The minimum Gasteiger partial charge on any atom is -0.444 e. The third kappa shape index (κ3) is 5.60. The van der Waals surface area contributed by atoms with Crippen LogP contribution in [0.3, 0.4) is 0 Å². The Morgan fingerprint density at radius 2 is 1.83 bits per heavy atom. The van der Waals surface area contributed by atoms with E-state index in [1.165, 1.54) is 4.90 Å². The Balaban J connectivity index is 2.72. The lowest BCUT2D eigenvalue weighted by molar-refractivity contribution is -0.0530. The van der Waals surface area contributed by atoms with Gasteiger partial charge in [-0.25, -0.2) is 4.79 Å². The van der Waals surface area contributed by atoms with Crippen LogP contribution in [0.25, 0.3) is 0 Å². The molecule has 0 radical (unpaired) electrons. The van der Waals surface area contributed by atoms with Crippen molar-refractivity contribution in [1.82, 2.24) is 4.90 Å². The zero-order valence-electron chi connectivity index (χ0n) is 13.1. The average Bonchev–Trinajstić information content (AvgIpc) is 2.35. The largest absolute Gasteiger partial charge is 0.534 e. The zero-order chi connectivity index (χ0) is 18.1. The average molecular weight is 359 g/mol. The second-order valence-electron chi connectivity index (χ2n) is 6.22. The summed E-state index contributed by atoms with van der Waals surface area (Å²) in [5, 5.41) is 0. The molecule has 0 bridgehead atoms. The Bertz CT molecular complexity index is 565. The fraction of sp³-hybridized carbons (Fsp3) is 0.769. The van der Waals surface area contributed by atoms with E-state index in [1.54, 1.807) is 20.8 Å². The standard InChI is InChI=1S/C13H20F3NO5S/c1-9(22-23(19,20)13(14,15)16)10-6-5-7-17(8-10)11(18)21-12(2,3)4/h10H,1,5-8H2,2-4H3. The lowest BCUT2D eigenvalue weighted by Crippen LogP contribution is -2.43. The Hall–Kier alpha value is -1.45. The first-order chi connectivity index (χ1) is 10.2. The fourth-order valence-electron chi connectivity index (χ4n) is 1.99. The summed E-state index contributed by atoms with van der Waals surface area (Å²) in [7, 11) is -5.75. The van der Waals surface area contributed by atoms with Crippen LogP contribution in [0.15, 0.2) is 12.3 Å². The summed E-state index contributed by atoms with van der Waals surface area (Å²) in [5.74, 6) is -1.25. The van der Waals surface area contributed by atoms with Crippen molar-refractivity contribution < 1.29 is 35.3 Å². The van der Waals surface area contributed by atoms with Crippen LogP contribution >= 0.6 is 0 Å². The third-order valence-electron chi connectivity index (χ3n) is 3.03. The summed E-state index contributed by atoms with van der Waals surface area (Å²) in [6.07, 6.45) is 0.220. The lowest BCUT2D eigenvalue weighted by atomic mass is 9.97. The zero-order valence-corrected chi connectivity index (χ0v) is 14.0. The predicted molar refractivity (Wildman–Crippen MR) is 75.7 cm³/mol. The number of carbonyl (C=O) groups excluding carboxylic acids is 1. The van der Waals surface area contributed by atoms with Gasteiger partial charge >= 0.3 is 21.7 Å². The molecular weight excluding hydrogens is 339 g/mol. The number of carbonyl (C=O) groups is 1. The van der Waals surface area contributed by atoms with E-state index in [-0.39, 0.29) is 6.54 Å². The van der Waals surface area contributed by atoms with Crippen LogP contribution in [0.2, 0.25) is 0 Å². The molecule has 0 aromatic heterocycles. The molecule has 1 rings (SSSR count). The molecule has 134 valence electrons. The molecular formula is C13H20F3NO5S. The van der Waals surface area contributed by atoms with E-state index in [2.05, 4.69) is 10.8 Å². The van der Waals surface area contributed by atoms with Crippen LogP contribution in [-0.2, 0) is 19.0 Å². The minimum absolute atomic E-state index is 0.0128. The number of alkyl halides is 3. The SMILES string of the molecule is C=C(OS(=O)(=O)C(F)(F)F)C1CCCN(C(=O)OC(C)(C)C)C1. The molecule has 0 aromatic rings. The van der Waals surface area contributed by atoms with Crippen LogP contribution < -0.4 is 0 Å². The Kier molecular flexibility index (Phi) is 5.61. The molecule has 1 unspecified atom stereocenters. The van der Waals surface area contributed by atoms with Crippen molar-refractivity contribution in [3.05, 3.63) is 12.3 Å². The Labute approximate surface area is 133 Å². The van der Waals surface area contributed by atoms with Crippen LogP contribution in [0.5, 0.6) is 0 Å². The molecule has 10 heteroatoms. The van der Waals surface area contributed by atoms with E-state index >= 15 is 0 Å². The maximum atomic E-state index is 12.3. The molecule has 1 atom stereocenters. The van der Waals surface area contributed by atoms with Crippen molar-refractivity contribution >= 4 is 16.2 Å². The van der Waals surface area contributed by atoms with Crippen molar-refractivity contribution in [3.8, 4) is 0 Å². The maximum Gasteiger partial charge on any atom is 0.534 e. The number of likely N-dealkylation sites (tertiary alicyclic amines) is 1. The van der Waals surface area contributed by atoms with Crippen LogP contribution in [0, 0.1) is 5.92 Å². The molecule has 1 aliphatic heterocycles. The monoisotopic (exact) mass is 359 g/mol. The van der Waals surface area contributed by atoms with Crippen molar-refractivity contribution in [2.75, 3.05) is 13.1 Å². The molecule has 23 heavy (non-hydrogen) atoms. The van der Waals surface area contributed by atoms with Gasteiger partial charge < -0.3 is 13.8 Å². The van der Waals surface area contributed by atoms with Gasteiger partial charge in [-0.2, -0.15) is 21.6 Å². The maximum absolute atomic E-state index is 12.3. The highest BCUT2D eigenvalue weighted by atomic mass is 32.2. The molecule has 6 nitrogen and oxygen atoms in total. The molecule has 1 fully saturated rings. The first kappa shape index (κ1) is 19.6.